The van der Waals surface area contributed by atoms with Gasteiger partial charge in [-0.25, -0.2) is 15.0 Å². The van der Waals surface area contributed by atoms with E-state index in [-0.39, 0.29) is 12.0 Å². The molecule has 0 bridgehead atoms. The predicted octanol–water partition coefficient (Wildman–Crippen LogP) is 3.61. The molecule has 2 aromatic heterocycles. The molecule has 40 heavy (non-hydrogen) atoms. The molecule has 2 fully saturated rings. The van der Waals surface area contributed by atoms with Gasteiger partial charge >= 0.3 is 0 Å². The number of imide groups is 1. The number of hydrogen-bond donors (Lipinski definition) is 2. The molecule has 6 rings (SSSR count). The molecule has 0 saturated carbocycles. The van der Waals surface area contributed by atoms with Crippen molar-refractivity contribution in [1.82, 2.24) is 25.6 Å². The van der Waals surface area contributed by atoms with Crippen molar-refractivity contribution >= 4 is 34.9 Å². The van der Waals surface area contributed by atoms with Crippen molar-refractivity contribution in [1.29, 1.82) is 0 Å². The number of ether oxygens (including phenoxy) is 3. The summed E-state index contributed by atoms with van der Waals surface area (Å²) in [6.45, 7) is 3.36. The van der Waals surface area contributed by atoms with Crippen molar-refractivity contribution in [3.05, 3.63) is 58.9 Å². The first kappa shape index (κ1) is 26.1. The second-order valence-corrected chi connectivity index (χ2v) is 10.6. The number of carbonyl (C=O) groups excluding carboxylic acids is 2. The summed E-state index contributed by atoms with van der Waals surface area (Å²) in [4.78, 5) is 39.7. The van der Waals surface area contributed by atoms with Gasteiger partial charge in [0.15, 0.2) is 11.5 Å². The topological polar surface area (TPSA) is 128 Å². The number of methoxy groups -OCH3 is 1. The van der Waals surface area contributed by atoms with Crippen molar-refractivity contribution in [3.63, 3.8) is 0 Å². The highest BCUT2D eigenvalue weighted by Crippen LogP contribution is 2.36. The molecule has 206 valence electrons. The van der Waals surface area contributed by atoms with E-state index in [1.54, 1.807) is 25.4 Å². The van der Waals surface area contributed by atoms with Crippen LogP contribution in [-0.4, -0.2) is 59.6 Å². The number of carbonyl (C=O) groups is 2. The third kappa shape index (κ3) is 5.73. The van der Waals surface area contributed by atoms with Crippen LogP contribution in [0.15, 0.2) is 47.5 Å². The summed E-state index contributed by atoms with van der Waals surface area (Å²) in [5, 5.41) is 5.46. The van der Waals surface area contributed by atoms with Gasteiger partial charge in [0.1, 0.15) is 5.75 Å². The van der Waals surface area contributed by atoms with E-state index in [0.29, 0.717) is 29.0 Å². The molecule has 5 heterocycles. The van der Waals surface area contributed by atoms with Gasteiger partial charge in [-0.05, 0) is 79.5 Å². The van der Waals surface area contributed by atoms with Crippen LogP contribution in [0.1, 0.15) is 24.2 Å². The Hall–Kier alpha value is -4.16. The van der Waals surface area contributed by atoms with Gasteiger partial charge in [-0.15, -0.1) is 0 Å². The van der Waals surface area contributed by atoms with E-state index in [0.717, 1.165) is 78.4 Å². The van der Waals surface area contributed by atoms with Crippen LogP contribution in [0.3, 0.4) is 0 Å². The molecule has 0 atom stereocenters. The molecular formula is C28H28N6O5S. The largest absolute Gasteiger partial charge is 0.495 e. The quantitative estimate of drug-likeness (QED) is 0.392. The minimum absolute atomic E-state index is 0.239. The molecule has 3 aromatic rings. The number of thioether (sulfide) groups is 1. The lowest BCUT2D eigenvalue weighted by Crippen LogP contribution is -2.38. The van der Waals surface area contributed by atoms with Crippen LogP contribution in [-0.2, 0) is 11.3 Å². The van der Waals surface area contributed by atoms with Crippen LogP contribution in [0, 0.1) is 5.92 Å². The summed E-state index contributed by atoms with van der Waals surface area (Å²) in [5.74, 6) is 2.97. The van der Waals surface area contributed by atoms with E-state index < -0.39 is 5.91 Å². The van der Waals surface area contributed by atoms with Crippen LogP contribution >= 0.6 is 11.8 Å². The number of nitrogens with zero attached hydrogens (tertiary/aromatic N) is 4. The first-order chi connectivity index (χ1) is 19.6. The Balaban J connectivity index is 1.03. The zero-order valence-corrected chi connectivity index (χ0v) is 22.7. The van der Waals surface area contributed by atoms with E-state index in [1.165, 1.54) is 0 Å². The Bertz CT molecular complexity index is 1470. The van der Waals surface area contributed by atoms with Crippen molar-refractivity contribution in [3.8, 4) is 28.5 Å². The SMILES string of the molecule is COc1ccc(-c2ccc3c(c2)OCO3)nc1CNCC1CCN(c2nccc(C=C3SC(=O)NC3=O)n2)CC1. The fourth-order valence-electron chi connectivity index (χ4n) is 4.90. The van der Waals surface area contributed by atoms with Crippen LogP contribution in [0.4, 0.5) is 10.7 Å². The number of nitrogens with one attached hydrogen (secondary N) is 2. The molecular weight excluding hydrogens is 532 g/mol. The molecule has 2 amide bonds. The Labute approximate surface area is 235 Å². The minimum atomic E-state index is -0.393. The van der Waals surface area contributed by atoms with Gasteiger partial charge in [0.2, 0.25) is 12.7 Å². The number of hydrogen-bond acceptors (Lipinski definition) is 11. The molecule has 1 aromatic carbocycles. The fraction of sp³-hybridized carbons (Fsp3) is 0.321. The number of rotatable bonds is 8. The third-order valence-corrected chi connectivity index (χ3v) is 7.84. The van der Waals surface area contributed by atoms with Crippen LogP contribution in [0.5, 0.6) is 17.2 Å². The summed E-state index contributed by atoms with van der Waals surface area (Å²) in [7, 11) is 1.66. The zero-order valence-electron chi connectivity index (χ0n) is 21.9. The molecule has 3 aliphatic heterocycles. The van der Waals surface area contributed by atoms with E-state index >= 15 is 0 Å². The summed E-state index contributed by atoms with van der Waals surface area (Å²) < 4.78 is 16.5. The average Bonchev–Trinajstić information content (AvgIpc) is 3.58. The fourth-order valence-corrected chi connectivity index (χ4v) is 5.57. The number of pyridine rings is 1. The molecule has 3 aliphatic rings. The first-order valence-corrected chi connectivity index (χ1v) is 13.8. The maximum Gasteiger partial charge on any atom is 0.290 e. The highest BCUT2D eigenvalue weighted by atomic mass is 32.2. The standard InChI is InChI=1S/C28H28N6O5S/c1-37-22-5-3-20(18-2-4-23-24(12-18)39-16-38-23)32-21(22)15-29-14-17-7-10-34(11-8-17)27-30-9-6-19(31-27)13-25-26(35)33-28(36)40-25/h2-6,9,12-13,17,29H,7-8,10-11,14-16H2,1H3,(H,33,35,36). The maximum absolute atomic E-state index is 11.8. The van der Waals surface area contributed by atoms with Crippen LogP contribution < -0.4 is 29.7 Å². The van der Waals surface area contributed by atoms with Gasteiger partial charge in [-0.1, -0.05) is 0 Å². The normalized spacial score (nSPS) is 17.9. The summed E-state index contributed by atoms with van der Waals surface area (Å²) in [6.07, 6.45) is 5.29. The third-order valence-electron chi connectivity index (χ3n) is 7.03. The number of fused-ring (bicyclic) bond motifs is 1. The second-order valence-electron chi connectivity index (χ2n) is 9.61. The molecule has 0 spiro atoms. The minimum Gasteiger partial charge on any atom is -0.495 e. The second kappa shape index (κ2) is 11.5. The Morgan fingerprint density at radius 3 is 2.77 bits per heavy atom. The number of aromatic nitrogens is 3. The Morgan fingerprint density at radius 1 is 1.12 bits per heavy atom. The first-order valence-electron chi connectivity index (χ1n) is 13.0. The van der Waals surface area contributed by atoms with Gasteiger partial charge in [0, 0.05) is 31.4 Å². The predicted molar refractivity (Wildman–Crippen MR) is 150 cm³/mol. The van der Waals surface area contributed by atoms with Gasteiger partial charge in [-0.2, -0.15) is 0 Å². The highest BCUT2D eigenvalue weighted by molar-refractivity contribution is 8.18. The number of amides is 2. The maximum atomic E-state index is 11.8. The Morgan fingerprint density at radius 2 is 1.98 bits per heavy atom. The molecule has 12 heteroatoms. The number of benzene rings is 1. The molecule has 2 saturated heterocycles. The molecule has 0 aliphatic carbocycles. The Kier molecular flexibility index (Phi) is 7.51. The lowest BCUT2D eigenvalue weighted by atomic mass is 9.97. The lowest BCUT2D eigenvalue weighted by Gasteiger charge is -2.32. The molecule has 0 radical (unpaired) electrons. The monoisotopic (exact) mass is 560 g/mol. The molecule has 0 unspecified atom stereocenters. The van der Waals surface area contributed by atoms with E-state index in [4.69, 9.17) is 19.2 Å². The summed E-state index contributed by atoms with van der Waals surface area (Å²) in [5.41, 5.74) is 3.26. The number of anilines is 1. The molecule has 11 nitrogen and oxygen atoms in total. The smallest absolute Gasteiger partial charge is 0.290 e. The van der Waals surface area contributed by atoms with Gasteiger partial charge in [0.05, 0.1) is 29.1 Å². The molecule has 2 N–H and O–H groups in total. The highest BCUT2D eigenvalue weighted by Gasteiger charge is 2.26. The van der Waals surface area contributed by atoms with Crippen molar-refractivity contribution < 1.29 is 23.8 Å². The van der Waals surface area contributed by atoms with Crippen LogP contribution in [0.25, 0.3) is 17.3 Å². The zero-order chi connectivity index (χ0) is 27.5. The average molecular weight is 561 g/mol. The van der Waals surface area contributed by atoms with E-state index in [1.807, 2.05) is 30.3 Å². The van der Waals surface area contributed by atoms with Crippen molar-refractivity contribution in [2.75, 3.05) is 38.4 Å². The van der Waals surface area contributed by atoms with Crippen molar-refractivity contribution in [2.24, 2.45) is 5.92 Å². The summed E-state index contributed by atoms with van der Waals surface area (Å²) in [6, 6.07) is 11.5. The summed E-state index contributed by atoms with van der Waals surface area (Å²) >= 11 is 0.881. The van der Waals surface area contributed by atoms with Crippen LogP contribution in [0.2, 0.25) is 0 Å². The van der Waals surface area contributed by atoms with Crippen molar-refractivity contribution in [2.45, 2.75) is 19.4 Å². The van der Waals surface area contributed by atoms with Gasteiger partial charge in [0.25, 0.3) is 11.1 Å². The number of piperidine rings is 1. The van der Waals surface area contributed by atoms with Gasteiger partial charge < -0.3 is 24.4 Å². The van der Waals surface area contributed by atoms with E-state index in [9.17, 15) is 9.59 Å². The van der Waals surface area contributed by atoms with E-state index in [2.05, 4.69) is 25.5 Å². The van der Waals surface area contributed by atoms with Gasteiger partial charge in [-0.3, -0.25) is 14.9 Å². The lowest BCUT2D eigenvalue weighted by molar-refractivity contribution is -0.115.